The van der Waals surface area contributed by atoms with Crippen molar-refractivity contribution in [3.05, 3.63) is 88.9 Å². The highest BCUT2D eigenvalue weighted by Gasteiger charge is 2.22. The molecular formula is C28H31ClN4O2. The van der Waals surface area contributed by atoms with Gasteiger partial charge in [0.05, 0.1) is 5.56 Å². The monoisotopic (exact) mass is 490 g/mol. The minimum absolute atomic E-state index is 0.142. The van der Waals surface area contributed by atoms with Crippen molar-refractivity contribution in [3.8, 4) is 0 Å². The predicted octanol–water partition coefficient (Wildman–Crippen LogP) is 6.19. The molecule has 182 valence electrons. The minimum Gasteiger partial charge on any atom is -0.371 e. The second kappa shape index (κ2) is 11.8. The fraction of sp³-hybridized carbons (Fsp3) is 0.286. The Balaban J connectivity index is 1.47. The van der Waals surface area contributed by atoms with Gasteiger partial charge < -0.3 is 20.9 Å². The van der Waals surface area contributed by atoms with Crippen molar-refractivity contribution in [1.82, 2.24) is 5.32 Å². The second-order valence-corrected chi connectivity index (χ2v) is 9.42. The first-order valence-corrected chi connectivity index (χ1v) is 12.4. The first-order valence-electron chi connectivity index (χ1n) is 12.0. The summed E-state index contributed by atoms with van der Waals surface area (Å²) in [6, 6.07) is 22.1. The Bertz CT molecular complexity index is 1140. The zero-order chi connectivity index (χ0) is 24.6. The summed E-state index contributed by atoms with van der Waals surface area (Å²) in [5.74, 6) is 0.545. The molecule has 0 aromatic heterocycles. The predicted molar refractivity (Wildman–Crippen MR) is 144 cm³/mol. The van der Waals surface area contributed by atoms with Crippen LogP contribution in [0.1, 0.15) is 35.7 Å². The summed E-state index contributed by atoms with van der Waals surface area (Å²) >= 11 is 5.91. The number of hydrogen-bond donors (Lipinski definition) is 3. The lowest BCUT2D eigenvalue weighted by Gasteiger charge is -2.33. The number of benzene rings is 3. The van der Waals surface area contributed by atoms with E-state index in [2.05, 4.69) is 39.9 Å². The van der Waals surface area contributed by atoms with Gasteiger partial charge >= 0.3 is 6.03 Å². The molecule has 0 atom stereocenters. The van der Waals surface area contributed by atoms with Gasteiger partial charge in [-0.2, -0.15) is 0 Å². The highest BCUT2D eigenvalue weighted by molar-refractivity contribution is 6.30. The van der Waals surface area contributed by atoms with Crippen molar-refractivity contribution < 1.29 is 9.59 Å². The average molecular weight is 491 g/mol. The topological polar surface area (TPSA) is 73.5 Å². The molecule has 3 aromatic carbocycles. The van der Waals surface area contributed by atoms with Crippen molar-refractivity contribution in [3.63, 3.8) is 0 Å². The fourth-order valence-electron chi connectivity index (χ4n) is 4.21. The van der Waals surface area contributed by atoms with E-state index in [1.807, 2.05) is 30.3 Å². The molecule has 0 bridgehead atoms. The molecule has 3 aromatic rings. The third-order valence-corrected chi connectivity index (χ3v) is 6.52. The van der Waals surface area contributed by atoms with E-state index in [1.165, 1.54) is 5.56 Å². The Labute approximate surface area is 211 Å². The SMILES string of the molecule is CC1CCN(c2ccc(NC(=O)Nc3ccc(Cl)cc3)cc2C(=O)NCCc2ccccc2)CC1. The number of rotatable bonds is 7. The molecule has 7 heteroatoms. The van der Waals surface area contributed by atoms with Gasteiger partial charge in [-0.25, -0.2) is 4.79 Å². The van der Waals surface area contributed by atoms with Gasteiger partial charge in [0.2, 0.25) is 0 Å². The van der Waals surface area contributed by atoms with Crippen molar-refractivity contribution >= 4 is 40.6 Å². The van der Waals surface area contributed by atoms with Gasteiger partial charge in [-0.05, 0) is 73.2 Å². The molecule has 0 saturated carbocycles. The molecule has 0 spiro atoms. The van der Waals surface area contributed by atoms with E-state index in [1.54, 1.807) is 30.3 Å². The van der Waals surface area contributed by atoms with Crippen molar-refractivity contribution in [2.45, 2.75) is 26.2 Å². The second-order valence-electron chi connectivity index (χ2n) is 8.98. The molecule has 4 rings (SSSR count). The maximum atomic E-state index is 13.2. The van der Waals surface area contributed by atoms with Crippen LogP contribution in [0.3, 0.4) is 0 Å². The van der Waals surface area contributed by atoms with Crippen LogP contribution in [0.5, 0.6) is 0 Å². The standard InChI is InChI=1S/C28H31ClN4O2/c1-20-14-17-33(18-15-20)26-12-11-24(32-28(35)31-23-9-7-22(29)8-10-23)19-25(26)27(34)30-16-13-21-5-3-2-4-6-21/h2-12,19-20H,13-18H2,1H3,(H,30,34)(H2,31,32,35). The summed E-state index contributed by atoms with van der Waals surface area (Å²) in [5.41, 5.74) is 3.82. The van der Waals surface area contributed by atoms with E-state index in [0.29, 0.717) is 34.4 Å². The van der Waals surface area contributed by atoms with E-state index in [-0.39, 0.29) is 11.9 Å². The van der Waals surface area contributed by atoms with E-state index < -0.39 is 0 Å². The van der Waals surface area contributed by atoms with E-state index in [9.17, 15) is 9.59 Å². The number of carbonyl (C=O) groups excluding carboxylic acids is 2. The third kappa shape index (κ3) is 6.99. The molecule has 1 aliphatic heterocycles. The normalized spacial score (nSPS) is 13.8. The van der Waals surface area contributed by atoms with Crippen molar-refractivity contribution in [2.75, 3.05) is 35.2 Å². The van der Waals surface area contributed by atoms with Gasteiger partial charge in [-0.1, -0.05) is 48.9 Å². The van der Waals surface area contributed by atoms with Crippen LogP contribution in [0.25, 0.3) is 0 Å². The number of nitrogens with zero attached hydrogens (tertiary/aromatic N) is 1. The van der Waals surface area contributed by atoms with Gasteiger partial charge in [0.25, 0.3) is 5.91 Å². The van der Waals surface area contributed by atoms with E-state index >= 15 is 0 Å². The van der Waals surface area contributed by atoms with Crippen molar-refractivity contribution in [2.24, 2.45) is 5.92 Å². The maximum absolute atomic E-state index is 13.2. The minimum atomic E-state index is -0.387. The van der Waals surface area contributed by atoms with Crippen LogP contribution >= 0.6 is 11.6 Å². The Hall–Kier alpha value is -3.51. The summed E-state index contributed by atoms with van der Waals surface area (Å²) in [5, 5.41) is 9.27. The Morgan fingerprint density at radius 2 is 1.57 bits per heavy atom. The number of nitrogens with one attached hydrogen (secondary N) is 3. The summed E-state index contributed by atoms with van der Waals surface area (Å²) in [4.78, 5) is 28.0. The number of carbonyl (C=O) groups is 2. The number of anilines is 3. The van der Waals surface area contributed by atoms with Gasteiger partial charge in [0.1, 0.15) is 0 Å². The summed E-state index contributed by atoms with van der Waals surface area (Å²) in [6.45, 7) is 4.62. The molecule has 1 fully saturated rings. The molecule has 0 radical (unpaired) electrons. The number of amides is 3. The number of piperidine rings is 1. The molecule has 0 unspecified atom stereocenters. The summed E-state index contributed by atoms with van der Waals surface area (Å²) in [7, 11) is 0. The van der Waals surface area contributed by atoms with Crippen molar-refractivity contribution in [1.29, 1.82) is 0 Å². The fourth-order valence-corrected chi connectivity index (χ4v) is 4.33. The Morgan fingerprint density at radius 3 is 2.29 bits per heavy atom. The molecule has 35 heavy (non-hydrogen) atoms. The van der Waals surface area contributed by atoms with E-state index in [4.69, 9.17) is 11.6 Å². The van der Waals surface area contributed by atoms with Crippen LogP contribution in [0, 0.1) is 5.92 Å². The lowest BCUT2D eigenvalue weighted by molar-refractivity contribution is 0.0954. The van der Waals surface area contributed by atoms with Gasteiger partial charge in [-0.3, -0.25) is 4.79 Å². The maximum Gasteiger partial charge on any atom is 0.323 e. The van der Waals surface area contributed by atoms with Crippen LogP contribution in [-0.2, 0) is 6.42 Å². The molecule has 0 aliphatic carbocycles. The van der Waals surface area contributed by atoms with Gasteiger partial charge in [0.15, 0.2) is 0 Å². The molecule has 3 N–H and O–H groups in total. The largest absolute Gasteiger partial charge is 0.371 e. The van der Waals surface area contributed by atoms with Crippen LogP contribution < -0.4 is 20.9 Å². The highest BCUT2D eigenvalue weighted by atomic mass is 35.5. The average Bonchev–Trinajstić information content (AvgIpc) is 2.86. The van der Waals surface area contributed by atoms with Gasteiger partial charge in [0, 0.05) is 41.7 Å². The Kier molecular flexibility index (Phi) is 8.27. The molecule has 3 amide bonds. The first kappa shape index (κ1) is 24.6. The smallest absolute Gasteiger partial charge is 0.323 e. The van der Waals surface area contributed by atoms with Crippen LogP contribution in [0.2, 0.25) is 5.02 Å². The zero-order valence-electron chi connectivity index (χ0n) is 19.9. The molecule has 6 nitrogen and oxygen atoms in total. The summed E-state index contributed by atoms with van der Waals surface area (Å²) in [6.07, 6.45) is 2.95. The molecule has 1 saturated heterocycles. The van der Waals surface area contributed by atoms with E-state index in [0.717, 1.165) is 38.0 Å². The molecular weight excluding hydrogens is 460 g/mol. The zero-order valence-corrected chi connectivity index (χ0v) is 20.6. The molecule has 1 aliphatic rings. The lowest BCUT2D eigenvalue weighted by atomic mass is 9.97. The van der Waals surface area contributed by atoms with Crippen LogP contribution in [0.4, 0.5) is 21.9 Å². The molecule has 1 heterocycles. The van der Waals surface area contributed by atoms with Crippen LogP contribution in [0.15, 0.2) is 72.8 Å². The van der Waals surface area contributed by atoms with Gasteiger partial charge in [-0.15, -0.1) is 0 Å². The number of hydrogen-bond acceptors (Lipinski definition) is 3. The highest BCUT2D eigenvalue weighted by Crippen LogP contribution is 2.29. The van der Waals surface area contributed by atoms with Crippen LogP contribution in [-0.4, -0.2) is 31.6 Å². The number of halogens is 1. The third-order valence-electron chi connectivity index (χ3n) is 6.27. The lowest BCUT2D eigenvalue weighted by Crippen LogP contribution is -2.35. The summed E-state index contributed by atoms with van der Waals surface area (Å²) < 4.78 is 0. The number of urea groups is 1. The Morgan fingerprint density at radius 1 is 0.914 bits per heavy atom. The first-order chi connectivity index (χ1) is 17.0. The quantitative estimate of drug-likeness (QED) is 0.369.